The summed E-state index contributed by atoms with van der Waals surface area (Å²) in [4.78, 5) is 0. The van der Waals surface area contributed by atoms with Crippen molar-refractivity contribution >= 4 is 39.1 Å². The molecule has 0 fully saturated rings. The molecular formula is C17H18BrCl2N. The number of benzene rings is 2. The lowest BCUT2D eigenvalue weighted by atomic mass is 9.92. The Labute approximate surface area is 144 Å². The van der Waals surface area contributed by atoms with Crippen LogP contribution in [0.15, 0.2) is 46.9 Å². The Balaban J connectivity index is 2.26. The van der Waals surface area contributed by atoms with Gasteiger partial charge in [-0.05, 0) is 42.3 Å². The van der Waals surface area contributed by atoms with Gasteiger partial charge in [-0.3, -0.25) is 0 Å². The van der Waals surface area contributed by atoms with E-state index in [2.05, 4.69) is 46.4 Å². The van der Waals surface area contributed by atoms with Crippen molar-refractivity contribution in [2.45, 2.75) is 19.3 Å². The summed E-state index contributed by atoms with van der Waals surface area (Å²) < 4.78 is 1.10. The molecule has 2 rings (SSSR count). The molecular weight excluding hydrogens is 369 g/mol. The van der Waals surface area contributed by atoms with E-state index in [4.69, 9.17) is 23.2 Å². The molecule has 4 heteroatoms. The first-order chi connectivity index (χ1) is 10.1. The van der Waals surface area contributed by atoms with Crippen molar-refractivity contribution in [1.82, 2.24) is 5.32 Å². The van der Waals surface area contributed by atoms with Crippen molar-refractivity contribution in [2.24, 2.45) is 0 Å². The first kappa shape index (κ1) is 16.8. The van der Waals surface area contributed by atoms with E-state index in [1.165, 1.54) is 5.56 Å². The fourth-order valence-corrected chi connectivity index (χ4v) is 3.17. The van der Waals surface area contributed by atoms with Gasteiger partial charge in [-0.2, -0.15) is 0 Å². The molecule has 0 saturated carbocycles. The number of likely N-dealkylation sites (N-methyl/N-ethyl adjacent to an activating group) is 1. The van der Waals surface area contributed by atoms with Crippen LogP contribution in [-0.4, -0.2) is 13.1 Å². The van der Waals surface area contributed by atoms with Gasteiger partial charge in [0.15, 0.2) is 0 Å². The summed E-state index contributed by atoms with van der Waals surface area (Å²) in [5.74, 6) is 0.360. The molecule has 0 bridgehead atoms. The summed E-state index contributed by atoms with van der Waals surface area (Å²) in [5, 5.41) is 4.71. The van der Waals surface area contributed by atoms with Crippen LogP contribution in [0, 0.1) is 0 Å². The van der Waals surface area contributed by atoms with Crippen molar-refractivity contribution in [3.63, 3.8) is 0 Å². The minimum atomic E-state index is 0.360. The molecule has 0 spiro atoms. The van der Waals surface area contributed by atoms with E-state index in [9.17, 15) is 0 Å². The zero-order valence-corrected chi connectivity index (χ0v) is 15.0. The minimum absolute atomic E-state index is 0.360. The Morgan fingerprint density at radius 3 is 2.62 bits per heavy atom. The fraction of sp³-hybridized carbons (Fsp3) is 0.294. The van der Waals surface area contributed by atoms with Crippen LogP contribution < -0.4 is 5.32 Å². The molecule has 0 saturated heterocycles. The third-order valence-electron chi connectivity index (χ3n) is 3.46. The second-order valence-electron chi connectivity index (χ2n) is 4.98. The van der Waals surface area contributed by atoms with Gasteiger partial charge in [-0.25, -0.2) is 0 Å². The quantitative estimate of drug-likeness (QED) is 0.672. The predicted octanol–water partition coefficient (Wildman–Crippen LogP) is 5.69. The van der Waals surface area contributed by atoms with E-state index >= 15 is 0 Å². The van der Waals surface area contributed by atoms with Crippen LogP contribution in [0.3, 0.4) is 0 Å². The molecule has 2 aromatic carbocycles. The van der Waals surface area contributed by atoms with Crippen molar-refractivity contribution in [1.29, 1.82) is 0 Å². The number of rotatable bonds is 6. The molecule has 0 amide bonds. The van der Waals surface area contributed by atoms with Gasteiger partial charge in [-0.15, -0.1) is 0 Å². The largest absolute Gasteiger partial charge is 0.316 e. The Kier molecular flexibility index (Phi) is 6.56. The summed E-state index contributed by atoms with van der Waals surface area (Å²) in [7, 11) is 0. The molecule has 0 aliphatic heterocycles. The number of hydrogen-bond acceptors (Lipinski definition) is 1. The highest BCUT2D eigenvalue weighted by Crippen LogP contribution is 2.30. The molecule has 1 N–H and O–H groups in total. The molecule has 1 unspecified atom stereocenters. The average Bonchev–Trinajstić information content (AvgIpc) is 2.47. The Hall–Kier alpha value is -0.540. The van der Waals surface area contributed by atoms with Gasteiger partial charge in [-0.1, -0.05) is 70.3 Å². The SMILES string of the molecule is CCNCC(Cc1cccc(Cl)c1Cl)c1cccc(Br)c1. The third-order valence-corrected chi connectivity index (χ3v) is 4.81. The maximum atomic E-state index is 6.33. The van der Waals surface area contributed by atoms with Gasteiger partial charge in [0.05, 0.1) is 10.0 Å². The lowest BCUT2D eigenvalue weighted by molar-refractivity contribution is 0.595. The summed E-state index contributed by atoms with van der Waals surface area (Å²) in [6.07, 6.45) is 0.864. The van der Waals surface area contributed by atoms with Crippen LogP contribution >= 0.6 is 39.1 Å². The van der Waals surface area contributed by atoms with Crippen molar-refractivity contribution in [3.05, 3.63) is 68.1 Å². The van der Waals surface area contributed by atoms with Crippen LogP contribution in [0.2, 0.25) is 10.0 Å². The van der Waals surface area contributed by atoms with E-state index in [-0.39, 0.29) is 0 Å². The monoisotopic (exact) mass is 385 g/mol. The lowest BCUT2D eigenvalue weighted by Gasteiger charge is -2.19. The highest BCUT2D eigenvalue weighted by Gasteiger charge is 2.15. The molecule has 112 valence electrons. The molecule has 0 aliphatic rings. The van der Waals surface area contributed by atoms with Gasteiger partial charge < -0.3 is 5.32 Å². The Morgan fingerprint density at radius 1 is 1.14 bits per heavy atom. The molecule has 0 aromatic heterocycles. The van der Waals surface area contributed by atoms with Crippen molar-refractivity contribution in [3.8, 4) is 0 Å². The maximum Gasteiger partial charge on any atom is 0.0624 e. The molecule has 0 heterocycles. The number of halogens is 3. The topological polar surface area (TPSA) is 12.0 Å². The fourth-order valence-electron chi connectivity index (χ4n) is 2.36. The lowest BCUT2D eigenvalue weighted by Crippen LogP contribution is -2.22. The van der Waals surface area contributed by atoms with E-state index in [0.29, 0.717) is 16.0 Å². The molecule has 0 radical (unpaired) electrons. The summed E-state index contributed by atoms with van der Waals surface area (Å²) in [6.45, 7) is 3.98. The van der Waals surface area contributed by atoms with Crippen LogP contribution in [0.4, 0.5) is 0 Å². The molecule has 1 atom stereocenters. The van der Waals surface area contributed by atoms with Crippen molar-refractivity contribution in [2.75, 3.05) is 13.1 Å². The van der Waals surface area contributed by atoms with Crippen LogP contribution in [0.25, 0.3) is 0 Å². The Bertz CT molecular complexity index is 601. The zero-order valence-electron chi connectivity index (χ0n) is 11.9. The second kappa shape index (κ2) is 8.19. The van der Waals surface area contributed by atoms with Crippen LogP contribution in [0.5, 0.6) is 0 Å². The van der Waals surface area contributed by atoms with Gasteiger partial charge in [0.2, 0.25) is 0 Å². The average molecular weight is 387 g/mol. The van der Waals surface area contributed by atoms with Gasteiger partial charge in [0.1, 0.15) is 0 Å². The highest BCUT2D eigenvalue weighted by atomic mass is 79.9. The summed E-state index contributed by atoms with van der Waals surface area (Å²) >= 11 is 16.0. The second-order valence-corrected chi connectivity index (χ2v) is 6.68. The first-order valence-corrected chi connectivity index (χ1v) is 8.55. The van der Waals surface area contributed by atoms with E-state index in [1.54, 1.807) is 0 Å². The summed E-state index contributed by atoms with van der Waals surface area (Å²) in [6, 6.07) is 14.3. The number of nitrogens with one attached hydrogen (secondary N) is 1. The zero-order chi connectivity index (χ0) is 15.2. The standard InChI is InChI=1S/C17H18BrCl2N/c1-2-21-11-14(12-5-3-7-15(18)10-12)9-13-6-4-8-16(19)17(13)20/h3-8,10,14,21H,2,9,11H2,1H3. The van der Waals surface area contributed by atoms with Crippen LogP contribution in [-0.2, 0) is 6.42 Å². The number of hydrogen-bond donors (Lipinski definition) is 1. The first-order valence-electron chi connectivity index (χ1n) is 7.01. The molecule has 1 nitrogen and oxygen atoms in total. The van der Waals surface area contributed by atoms with Crippen LogP contribution in [0.1, 0.15) is 24.0 Å². The van der Waals surface area contributed by atoms with Gasteiger partial charge >= 0.3 is 0 Å². The Morgan fingerprint density at radius 2 is 1.90 bits per heavy atom. The van der Waals surface area contributed by atoms with Gasteiger partial charge in [0.25, 0.3) is 0 Å². The smallest absolute Gasteiger partial charge is 0.0624 e. The van der Waals surface area contributed by atoms with E-state index < -0.39 is 0 Å². The molecule has 2 aromatic rings. The normalized spacial score (nSPS) is 12.4. The van der Waals surface area contributed by atoms with Crippen molar-refractivity contribution < 1.29 is 0 Å². The van der Waals surface area contributed by atoms with Gasteiger partial charge in [0, 0.05) is 16.9 Å². The third kappa shape index (κ3) is 4.72. The van der Waals surface area contributed by atoms with E-state index in [0.717, 1.165) is 29.5 Å². The van der Waals surface area contributed by atoms with E-state index in [1.807, 2.05) is 24.3 Å². The highest BCUT2D eigenvalue weighted by molar-refractivity contribution is 9.10. The molecule has 0 aliphatic carbocycles. The maximum absolute atomic E-state index is 6.33. The predicted molar refractivity (Wildman–Crippen MR) is 95.6 cm³/mol. The minimum Gasteiger partial charge on any atom is -0.316 e. The molecule has 21 heavy (non-hydrogen) atoms. The summed E-state index contributed by atoms with van der Waals surface area (Å²) in [5.41, 5.74) is 2.38.